The molecule has 20 heavy (non-hydrogen) atoms. The van der Waals surface area contributed by atoms with Gasteiger partial charge in [-0.05, 0) is 11.6 Å². The molecule has 0 heterocycles. The van der Waals surface area contributed by atoms with Gasteiger partial charge in [0.1, 0.15) is 0 Å². The number of alkyl halides is 5. The molecule has 0 aliphatic carbocycles. The lowest BCUT2D eigenvalue weighted by molar-refractivity contribution is -0.137. The molecule has 0 radical (unpaired) electrons. The zero-order chi connectivity index (χ0) is 15.7. The van der Waals surface area contributed by atoms with Gasteiger partial charge in [0.25, 0.3) is 0 Å². The minimum absolute atomic E-state index is 0.0724. The fraction of sp³-hybridized carbons (Fsp3) is 0.500. The van der Waals surface area contributed by atoms with Gasteiger partial charge < -0.3 is 0 Å². The fourth-order valence-electron chi connectivity index (χ4n) is 1.60. The average Bonchev–Trinajstić information content (AvgIpc) is 2.34. The SMILES string of the molecule is CC(C)(C)C(=O)C(Br)C(Br)c1cccc(C(F)(F)F)c1. The number of hydrogen-bond acceptors (Lipinski definition) is 1. The molecule has 1 nitrogen and oxygen atoms in total. The highest BCUT2D eigenvalue weighted by molar-refractivity contribution is 9.12. The Morgan fingerprint density at radius 1 is 1.15 bits per heavy atom. The second-order valence-corrected chi connectivity index (χ2v) is 7.51. The molecule has 2 unspecified atom stereocenters. The van der Waals surface area contributed by atoms with Crippen LogP contribution >= 0.6 is 31.9 Å². The van der Waals surface area contributed by atoms with Crippen LogP contribution in [0.15, 0.2) is 24.3 Å². The molecule has 6 heteroatoms. The second kappa shape index (κ2) is 6.18. The van der Waals surface area contributed by atoms with Crippen molar-refractivity contribution in [3.05, 3.63) is 35.4 Å². The smallest absolute Gasteiger partial charge is 0.298 e. The molecule has 2 atom stereocenters. The highest BCUT2D eigenvalue weighted by Crippen LogP contribution is 2.38. The zero-order valence-electron chi connectivity index (χ0n) is 11.3. The number of carbonyl (C=O) groups is 1. The molecule has 0 fully saturated rings. The van der Waals surface area contributed by atoms with Gasteiger partial charge >= 0.3 is 6.18 Å². The number of halogens is 5. The molecule has 1 aromatic carbocycles. The van der Waals surface area contributed by atoms with E-state index in [0.29, 0.717) is 5.56 Å². The Balaban J connectivity index is 3.04. The largest absolute Gasteiger partial charge is 0.416 e. The third kappa shape index (κ3) is 4.32. The monoisotopic (exact) mass is 414 g/mol. The lowest BCUT2D eigenvalue weighted by atomic mass is 9.87. The van der Waals surface area contributed by atoms with Crippen LogP contribution in [0.2, 0.25) is 0 Å². The number of benzene rings is 1. The Kier molecular flexibility index (Phi) is 5.46. The molecule has 112 valence electrons. The summed E-state index contributed by atoms with van der Waals surface area (Å²) in [6.45, 7) is 5.32. The maximum atomic E-state index is 12.7. The summed E-state index contributed by atoms with van der Waals surface area (Å²) in [5.41, 5.74) is -0.872. The van der Waals surface area contributed by atoms with Gasteiger partial charge in [-0.3, -0.25) is 4.79 Å². The van der Waals surface area contributed by atoms with Crippen LogP contribution in [0.3, 0.4) is 0 Å². The van der Waals surface area contributed by atoms with Gasteiger partial charge in [-0.25, -0.2) is 0 Å². The predicted molar refractivity (Wildman–Crippen MR) is 80.3 cm³/mol. The van der Waals surface area contributed by atoms with E-state index in [9.17, 15) is 18.0 Å². The van der Waals surface area contributed by atoms with Crippen molar-refractivity contribution in [1.29, 1.82) is 0 Å². The molecule has 1 aromatic rings. The maximum absolute atomic E-state index is 12.7. The van der Waals surface area contributed by atoms with Crippen LogP contribution in [0.4, 0.5) is 13.2 Å². The van der Waals surface area contributed by atoms with E-state index in [1.54, 1.807) is 26.8 Å². The van der Waals surface area contributed by atoms with Gasteiger partial charge in [-0.15, -0.1) is 0 Å². The zero-order valence-corrected chi connectivity index (χ0v) is 14.4. The van der Waals surface area contributed by atoms with Crippen molar-refractivity contribution in [2.24, 2.45) is 5.41 Å². The molecule has 0 N–H and O–H groups in total. The number of Topliss-reactive ketones (excluding diaryl/α,β-unsaturated/α-hetero) is 1. The Morgan fingerprint density at radius 3 is 2.15 bits per heavy atom. The molecule has 1 rings (SSSR count). The Morgan fingerprint density at radius 2 is 1.70 bits per heavy atom. The third-order valence-corrected chi connectivity index (χ3v) is 5.49. The topological polar surface area (TPSA) is 17.1 Å². The normalized spacial score (nSPS) is 15.8. The summed E-state index contributed by atoms with van der Waals surface area (Å²) in [5.74, 6) is -0.0724. The van der Waals surface area contributed by atoms with Gasteiger partial charge in [0.05, 0.1) is 15.2 Å². The summed E-state index contributed by atoms with van der Waals surface area (Å²) in [4.78, 5) is 11.1. The van der Waals surface area contributed by atoms with E-state index >= 15 is 0 Å². The van der Waals surface area contributed by atoms with Crippen molar-refractivity contribution in [1.82, 2.24) is 0 Å². The van der Waals surface area contributed by atoms with Crippen LogP contribution in [0.25, 0.3) is 0 Å². The summed E-state index contributed by atoms with van der Waals surface area (Å²) in [6, 6.07) is 4.98. The number of rotatable bonds is 3. The van der Waals surface area contributed by atoms with Crippen molar-refractivity contribution in [3.8, 4) is 0 Å². The molecular weight excluding hydrogens is 401 g/mol. The number of hydrogen-bond donors (Lipinski definition) is 0. The highest BCUT2D eigenvalue weighted by Gasteiger charge is 2.35. The van der Waals surface area contributed by atoms with E-state index in [0.717, 1.165) is 12.1 Å². The first-order chi connectivity index (χ1) is 8.94. The van der Waals surface area contributed by atoms with Crippen molar-refractivity contribution in [3.63, 3.8) is 0 Å². The molecular formula is C14H15Br2F3O. The lowest BCUT2D eigenvalue weighted by Gasteiger charge is -2.24. The molecule has 0 aliphatic rings. The number of carbonyl (C=O) groups excluding carboxylic acids is 1. The first-order valence-corrected chi connectivity index (χ1v) is 7.77. The second-order valence-electron chi connectivity index (χ2n) is 5.54. The van der Waals surface area contributed by atoms with E-state index in [4.69, 9.17) is 0 Å². The van der Waals surface area contributed by atoms with Crippen LogP contribution in [0.1, 0.15) is 36.7 Å². The van der Waals surface area contributed by atoms with E-state index in [2.05, 4.69) is 31.9 Å². The highest BCUT2D eigenvalue weighted by atomic mass is 79.9. The number of ketones is 1. The molecule has 0 saturated heterocycles. The van der Waals surface area contributed by atoms with Gasteiger partial charge in [-0.2, -0.15) is 13.2 Å². The van der Waals surface area contributed by atoms with Crippen LogP contribution in [0, 0.1) is 5.41 Å². The summed E-state index contributed by atoms with van der Waals surface area (Å²) < 4.78 is 38.1. The summed E-state index contributed by atoms with van der Waals surface area (Å²) in [6.07, 6.45) is -4.39. The molecule has 0 amide bonds. The van der Waals surface area contributed by atoms with E-state index < -0.39 is 26.8 Å². The average molecular weight is 416 g/mol. The first kappa shape index (κ1) is 17.7. The van der Waals surface area contributed by atoms with Crippen LogP contribution < -0.4 is 0 Å². The molecule has 0 aliphatic heterocycles. The third-order valence-electron chi connectivity index (χ3n) is 2.78. The fourth-order valence-corrected chi connectivity index (χ4v) is 3.12. The van der Waals surface area contributed by atoms with Crippen molar-refractivity contribution in [2.75, 3.05) is 0 Å². The standard InChI is InChI=1S/C14H15Br2F3O/c1-13(2,3)12(20)11(16)10(15)8-5-4-6-9(7-8)14(17,18)19/h4-7,10-11H,1-3H3. The van der Waals surface area contributed by atoms with Crippen molar-refractivity contribution < 1.29 is 18.0 Å². The van der Waals surface area contributed by atoms with Gasteiger partial charge in [-0.1, -0.05) is 70.8 Å². The van der Waals surface area contributed by atoms with Crippen molar-refractivity contribution in [2.45, 2.75) is 36.6 Å². The van der Waals surface area contributed by atoms with Gasteiger partial charge in [0.15, 0.2) is 5.78 Å². The Labute approximate surface area is 133 Å². The summed E-state index contributed by atoms with van der Waals surface area (Å²) >= 11 is 6.59. The van der Waals surface area contributed by atoms with Gasteiger partial charge in [0.2, 0.25) is 0 Å². The van der Waals surface area contributed by atoms with Crippen LogP contribution in [-0.2, 0) is 11.0 Å². The van der Waals surface area contributed by atoms with Crippen LogP contribution in [0.5, 0.6) is 0 Å². The molecule has 0 saturated carbocycles. The quantitative estimate of drug-likeness (QED) is 0.594. The van der Waals surface area contributed by atoms with Crippen LogP contribution in [-0.4, -0.2) is 10.6 Å². The predicted octanol–water partition coefficient (Wildman–Crippen LogP) is 5.52. The Bertz CT molecular complexity index is 492. The lowest BCUT2D eigenvalue weighted by Crippen LogP contribution is -2.31. The molecule has 0 bridgehead atoms. The molecule has 0 spiro atoms. The van der Waals surface area contributed by atoms with Crippen molar-refractivity contribution >= 4 is 37.6 Å². The Hall–Kier alpha value is -0.360. The van der Waals surface area contributed by atoms with Gasteiger partial charge in [0, 0.05) is 5.41 Å². The van der Waals surface area contributed by atoms with E-state index in [-0.39, 0.29) is 5.78 Å². The summed E-state index contributed by atoms with van der Waals surface area (Å²) in [7, 11) is 0. The molecule has 0 aromatic heterocycles. The summed E-state index contributed by atoms with van der Waals surface area (Å²) in [5, 5.41) is 0. The minimum atomic E-state index is -4.39. The minimum Gasteiger partial charge on any atom is -0.298 e. The van der Waals surface area contributed by atoms with E-state index in [1.807, 2.05) is 0 Å². The first-order valence-electron chi connectivity index (χ1n) is 5.94. The maximum Gasteiger partial charge on any atom is 0.416 e. The van der Waals surface area contributed by atoms with E-state index in [1.165, 1.54) is 6.07 Å².